The van der Waals surface area contributed by atoms with Crippen LogP contribution in [0.15, 0.2) is 0 Å². The van der Waals surface area contributed by atoms with Crippen LogP contribution in [0.3, 0.4) is 0 Å². The van der Waals surface area contributed by atoms with Crippen LogP contribution in [0.4, 0.5) is 18.0 Å². The minimum atomic E-state index is -5.20. The van der Waals surface area contributed by atoms with E-state index in [9.17, 15) is 41.9 Å². The van der Waals surface area contributed by atoms with Gasteiger partial charge in [0.15, 0.2) is 0 Å². The number of Topliss-reactive ketones (excluding diaryl/α,β-unsaturated/α-hetero) is 1. The molecule has 3 N–H and O–H groups in total. The molecule has 2 unspecified atom stereocenters. The number of aliphatic carboxylic acids is 1. The fourth-order valence-electron chi connectivity index (χ4n) is 2.85. The zero-order chi connectivity index (χ0) is 27.9. The molecule has 0 spiro atoms. The van der Waals surface area contributed by atoms with Crippen molar-refractivity contribution in [3.8, 4) is 0 Å². The third kappa shape index (κ3) is 9.91. The van der Waals surface area contributed by atoms with Crippen LogP contribution in [0, 0.1) is 5.41 Å². The van der Waals surface area contributed by atoms with Crippen LogP contribution in [0.1, 0.15) is 53.9 Å². The number of carbonyl (C=O) groups is 6. The summed E-state index contributed by atoms with van der Waals surface area (Å²) in [6.07, 6.45) is -5.70. The first-order valence-electron chi connectivity index (χ1n) is 10.7. The van der Waals surface area contributed by atoms with Gasteiger partial charge < -0.3 is 20.6 Å². The van der Waals surface area contributed by atoms with Crippen molar-refractivity contribution in [3.63, 3.8) is 0 Å². The normalized spacial score (nSPS) is 14.2. The molecule has 0 heterocycles. The highest BCUT2D eigenvalue weighted by Crippen LogP contribution is 2.23. The van der Waals surface area contributed by atoms with Crippen LogP contribution in [-0.2, 0) is 24.0 Å². The number of nitrogens with one attached hydrogen (secondary N) is 2. The first kappa shape index (κ1) is 31.8. The Hall–Kier alpha value is -3.19. The zero-order valence-corrected chi connectivity index (χ0v) is 20.8. The second-order valence-corrected chi connectivity index (χ2v) is 9.27. The van der Waals surface area contributed by atoms with Gasteiger partial charge in [-0.3, -0.25) is 28.9 Å². The molecule has 0 aromatic rings. The summed E-state index contributed by atoms with van der Waals surface area (Å²) in [6.45, 7) is 6.62. The van der Waals surface area contributed by atoms with E-state index in [0.717, 1.165) is 18.7 Å². The van der Waals surface area contributed by atoms with Gasteiger partial charge in [-0.25, -0.2) is 4.79 Å². The molecule has 0 aliphatic carbocycles. The van der Waals surface area contributed by atoms with Crippen LogP contribution in [0.25, 0.3) is 0 Å². The highest BCUT2D eigenvalue weighted by atomic mass is 19.4. The smallest absolute Gasteiger partial charge is 0.452 e. The summed E-state index contributed by atoms with van der Waals surface area (Å²) < 4.78 is 38.0. The number of ketones is 1. The minimum Gasteiger partial charge on any atom is -0.481 e. The molecule has 5 amide bonds. The van der Waals surface area contributed by atoms with Crippen LogP contribution >= 0.6 is 0 Å². The molecule has 0 radical (unpaired) electrons. The topological polar surface area (TPSA) is 153 Å². The van der Waals surface area contributed by atoms with Crippen LogP contribution in [0.2, 0.25) is 0 Å². The summed E-state index contributed by atoms with van der Waals surface area (Å²) in [5, 5.41) is 13.0. The molecule has 14 heteroatoms. The van der Waals surface area contributed by atoms with Gasteiger partial charge in [-0.1, -0.05) is 20.8 Å². The number of alkyl halides is 3. The van der Waals surface area contributed by atoms with E-state index in [1.807, 2.05) is 5.32 Å². The molecule has 0 aromatic carbocycles. The van der Waals surface area contributed by atoms with E-state index in [0.29, 0.717) is 4.90 Å². The Morgan fingerprint density at radius 1 is 0.914 bits per heavy atom. The fourth-order valence-corrected chi connectivity index (χ4v) is 2.85. The third-order valence-electron chi connectivity index (χ3n) is 4.84. The molecule has 200 valence electrons. The number of carboxylic acid groups (broad SMARTS) is 1. The summed E-state index contributed by atoms with van der Waals surface area (Å²) in [4.78, 5) is 74.7. The summed E-state index contributed by atoms with van der Waals surface area (Å²) in [7, 11) is 2.55. The zero-order valence-electron chi connectivity index (χ0n) is 20.8. The lowest BCUT2D eigenvalue weighted by Gasteiger charge is -2.37. The molecule has 11 nitrogen and oxygen atoms in total. The molecular formula is C21H33F3N4O7. The average molecular weight is 511 g/mol. The Morgan fingerprint density at radius 3 is 1.83 bits per heavy atom. The van der Waals surface area contributed by atoms with E-state index in [1.165, 1.54) is 14.1 Å². The third-order valence-corrected chi connectivity index (χ3v) is 4.84. The van der Waals surface area contributed by atoms with Crippen molar-refractivity contribution in [1.29, 1.82) is 0 Å². The number of carbonyl (C=O) groups excluding carboxylic acids is 5. The van der Waals surface area contributed by atoms with Crippen molar-refractivity contribution in [2.24, 2.45) is 5.41 Å². The monoisotopic (exact) mass is 510 g/mol. The summed E-state index contributed by atoms with van der Waals surface area (Å²) in [6, 6.07) is -5.95. The summed E-state index contributed by atoms with van der Waals surface area (Å²) in [5.74, 6) is -6.20. The van der Waals surface area contributed by atoms with Gasteiger partial charge in [0.05, 0.1) is 6.04 Å². The van der Waals surface area contributed by atoms with Gasteiger partial charge in [-0.05, 0) is 25.7 Å². The number of hydrogen-bond donors (Lipinski definition) is 3. The van der Waals surface area contributed by atoms with Crippen LogP contribution in [-0.4, -0.2) is 88.8 Å². The molecule has 0 bridgehead atoms. The SMILES string of the molecule is CC(NC(=O)C(C)N(C(=O)[C@@H](NC(=O)CCCC(=O)O)C(C)(C)C)C(=O)N(C)C)C(=O)C(F)(F)F. The van der Waals surface area contributed by atoms with Gasteiger partial charge in [0.25, 0.3) is 11.7 Å². The maximum absolute atomic E-state index is 13.4. The largest absolute Gasteiger partial charge is 0.481 e. The molecule has 3 atom stereocenters. The van der Waals surface area contributed by atoms with E-state index in [4.69, 9.17) is 5.11 Å². The lowest BCUT2D eigenvalue weighted by molar-refractivity contribution is -0.173. The first-order valence-corrected chi connectivity index (χ1v) is 10.7. The second-order valence-electron chi connectivity index (χ2n) is 9.27. The van der Waals surface area contributed by atoms with Gasteiger partial charge in [0.2, 0.25) is 11.8 Å². The Bertz CT molecular complexity index is 838. The Morgan fingerprint density at radius 2 is 1.43 bits per heavy atom. The second kappa shape index (κ2) is 12.5. The summed E-state index contributed by atoms with van der Waals surface area (Å²) >= 11 is 0. The number of hydrogen-bond acceptors (Lipinski definition) is 6. The van der Waals surface area contributed by atoms with Gasteiger partial charge in [-0.2, -0.15) is 13.2 Å². The summed E-state index contributed by atoms with van der Waals surface area (Å²) in [5.41, 5.74) is -0.986. The number of halogens is 3. The number of imide groups is 1. The number of carboxylic acids is 1. The average Bonchev–Trinajstić information content (AvgIpc) is 2.69. The minimum absolute atomic E-state index is 0.00348. The highest BCUT2D eigenvalue weighted by molar-refractivity contribution is 6.03. The Kier molecular flexibility index (Phi) is 11.4. The van der Waals surface area contributed by atoms with Gasteiger partial charge >= 0.3 is 18.2 Å². The lowest BCUT2D eigenvalue weighted by atomic mass is 9.85. The van der Waals surface area contributed by atoms with Gasteiger partial charge in [0, 0.05) is 26.9 Å². The van der Waals surface area contributed by atoms with Crippen molar-refractivity contribution >= 4 is 35.5 Å². The molecule has 0 saturated heterocycles. The highest BCUT2D eigenvalue weighted by Gasteiger charge is 2.45. The molecule has 0 aromatic heterocycles. The molecule has 0 fully saturated rings. The standard InChI is InChI=1S/C21H33F3N4O7/c1-11(16(32)21(22,23)24)25-17(33)12(2)28(19(35)27(6)7)18(34)15(20(3,4)5)26-13(29)9-8-10-14(30)31/h11-12,15H,8-10H2,1-7H3,(H,25,33)(H,26,29)(H,30,31)/t11?,12?,15-/m1/s1. The van der Waals surface area contributed by atoms with Crippen molar-refractivity contribution < 1.29 is 47.0 Å². The predicted molar refractivity (Wildman–Crippen MR) is 117 cm³/mol. The maximum Gasteiger partial charge on any atom is 0.452 e. The van der Waals surface area contributed by atoms with Crippen LogP contribution in [0.5, 0.6) is 0 Å². The van der Waals surface area contributed by atoms with E-state index < -0.39 is 65.2 Å². The van der Waals surface area contributed by atoms with E-state index in [2.05, 4.69) is 5.32 Å². The van der Waals surface area contributed by atoms with Crippen molar-refractivity contribution in [2.45, 2.75) is 78.2 Å². The van der Waals surface area contributed by atoms with Crippen molar-refractivity contribution in [3.05, 3.63) is 0 Å². The molecule has 0 rings (SSSR count). The molecule has 0 aliphatic heterocycles. The number of rotatable bonds is 10. The number of amides is 5. The first-order chi connectivity index (χ1) is 15.7. The predicted octanol–water partition coefficient (Wildman–Crippen LogP) is 1.31. The Balaban J connectivity index is 5.94. The van der Waals surface area contributed by atoms with Crippen molar-refractivity contribution in [1.82, 2.24) is 20.4 Å². The number of urea groups is 1. The number of nitrogens with zero attached hydrogens (tertiary/aromatic N) is 2. The van der Waals surface area contributed by atoms with Gasteiger partial charge in [-0.15, -0.1) is 0 Å². The lowest BCUT2D eigenvalue weighted by Crippen LogP contribution is -2.62. The van der Waals surface area contributed by atoms with Crippen molar-refractivity contribution in [2.75, 3.05) is 14.1 Å². The van der Waals surface area contributed by atoms with E-state index >= 15 is 0 Å². The van der Waals surface area contributed by atoms with E-state index in [-0.39, 0.29) is 19.3 Å². The molecule has 0 aliphatic rings. The molecule has 35 heavy (non-hydrogen) atoms. The van der Waals surface area contributed by atoms with Gasteiger partial charge in [0.1, 0.15) is 12.1 Å². The van der Waals surface area contributed by atoms with Crippen LogP contribution < -0.4 is 10.6 Å². The quantitative estimate of drug-likeness (QED) is 0.400. The van der Waals surface area contributed by atoms with E-state index in [1.54, 1.807) is 20.8 Å². The fraction of sp³-hybridized carbons (Fsp3) is 0.714. The molecule has 0 saturated carbocycles. The maximum atomic E-state index is 13.4. The Labute approximate surface area is 201 Å². The molecular weight excluding hydrogens is 477 g/mol.